The van der Waals surface area contributed by atoms with Crippen LogP contribution in [0.15, 0.2) is 36.4 Å². The fourth-order valence-electron chi connectivity index (χ4n) is 4.93. The summed E-state index contributed by atoms with van der Waals surface area (Å²) in [5.41, 5.74) is -2.44. The molecular formula is C24H24Cl2F2N2O3. The molecule has 0 amide bonds. The molecule has 9 heteroatoms. The Morgan fingerprint density at radius 2 is 2.00 bits per heavy atom. The number of hydrogen-bond donors (Lipinski definition) is 2. The Labute approximate surface area is 201 Å². The van der Waals surface area contributed by atoms with Crippen LogP contribution in [0.2, 0.25) is 10.0 Å². The molecule has 0 aromatic heterocycles. The molecule has 2 aromatic carbocycles. The largest absolute Gasteiger partial charge is 0.480 e. The number of ether oxygens (including phenoxy) is 1. The van der Waals surface area contributed by atoms with Crippen LogP contribution in [0.3, 0.4) is 0 Å². The number of halogens is 4. The van der Waals surface area contributed by atoms with Crippen molar-refractivity contribution in [2.75, 3.05) is 13.7 Å². The van der Waals surface area contributed by atoms with Crippen LogP contribution in [0.5, 0.6) is 0 Å². The predicted molar refractivity (Wildman–Crippen MR) is 121 cm³/mol. The first-order chi connectivity index (χ1) is 15.5. The van der Waals surface area contributed by atoms with Gasteiger partial charge < -0.3 is 9.84 Å². The molecule has 1 saturated heterocycles. The van der Waals surface area contributed by atoms with E-state index in [1.807, 2.05) is 13.8 Å². The lowest BCUT2D eigenvalue weighted by molar-refractivity contribution is -0.139. The quantitative estimate of drug-likeness (QED) is 0.542. The lowest BCUT2D eigenvalue weighted by Crippen LogP contribution is -2.45. The van der Waals surface area contributed by atoms with E-state index in [0.717, 1.165) is 6.07 Å². The number of nitrogens with zero attached hydrogens (tertiary/aromatic N) is 1. The van der Waals surface area contributed by atoms with Gasteiger partial charge in [0.15, 0.2) is 0 Å². The maximum absolute atomic E-state index is 15.3. The fourth-order valence-corrected chi connectivity index (χ4v) is 5.27. The highest BCUT2D eigenvalue weighted by atomic mass is 35.5. The Bertz CT molecular complexity index is 1110. The molecule has 3 rings (SSSR count). The van der Waals surface area contributed by atoms with Crippen molar-refractivity contribution in [3.63, 3.8) is 0 Å². The van der Waals surface area contributed by atoms with Gasteiger partial charge >= 0.3 is 5.97 Å². The lowest BCUT2D eigenvalue weighted by atomic mass is 9.62. The van der Waals surface area contributed by atoms with Crippen molar-refractivity contribution in [1.82, 2.24) is 5.32 Å². The monoisotopic (exact) mass is 496 g/mol. The van der Waals surface area contributed by atoms with E-state index in [1.165, 1.54) is 37.4 Å². The first kappa shape index (κ1) is 25.4. The van der Waals surface area contributed by atoms with Gasteiger partial charge in [-0.25, -0.2) is 8.78 Å². The minimum Gasteiger partial charge on any atom is -0.480 e. The Hall–Kier alpha value is -2.24. The van der Waals surface area contributed by atoms with Crippen LogP contribution in [0, 0.1) is 28.4 Å². The molecule has 0 saturated carbocycles. The number of carboxylic acids is 1. The standard InChI is InChI=1S/C24H24Cl2F2N2O3/c1-23(2,12-33-3)10-18-24(11-29,15-8-7-13(25)9-17(15)27)19(21(30-18)22(31)32)14-5-4-6-16(26)20(14)28/h4-9,18-19,21,30H,10,12H2,1-3H3,(H,31,32). The Morgan fingerprint density at radius 1 is 1.30 bits per heavy atom. The molecule has 0 radical (unpaired) electrons. The van der Waals surface area contributed by atoms with Gasteiger partial charge in [-0.2, -0.15) is 5.26 Å². The second-order valence-electron chi connectivity index (χ2n) is 9.06. The number of nitrogens with one attached hydrogen (secondary N) is 1. The third-order valence-corrected chi connectivity index (χ3v) is 6.72. The Kier molecular flexibility index (Phi) is 7.35. The number of rotatable bonds is 7. The number of nitriles is 1. The van der Waals surface area contributed by atoms with Gasteiger partial charge in [0.1, 0.15) is 23.1 Å². The van der Waals surface area contributed by atoms with E-state index in [9.17, 15) is 15.2 Å². The summed E-state index contributed by atoms with van der Waals surface area (Å²) < 4.78 is 35.9. The SMILES string of the molecule is COCC(C)(C)CC1NC(C(=O)O)C(c2cccc(Cl)c2F)C1(C#N)c1ccc(Cl)cc1F. The highest BCUT2D eigenvalue weighted by Crippen LogP contribution is 2.52. The first-order valence-corrected chi connectivity index (χ1v) is 11.0. The molecule has 1 heterocycles. The zero-order valence-electron chi connectivity index (χ0n) is 18.3. The third kappa shape index (κ3) is 4.58. The number of carboxylic acid groups (broad SMARTS) is 1. The van der Waals surface area contributed by atoms with Crippen LogP contribution < -0.4 is 5.32 Å². The molecule has 2 aromatic rings. The van der Waals surface area contributed by atoms with Crippen molar-refractivity contribution in [3.8, 4) is 6.07 Å². The van der Waals surface area contributed by atoms with Gasteiger partial charge in [-0.05, 0) is 35.6 Å². The first-order valence-electron chi connectivity index (χ1n) is 10.3. The zero-order valence-corrected chi connectivity index (χ0v) is 19.8. The maximum Gasteiger partial charge on any atom is 0.321 e. The van der Waals surface area contributed by atoms with Crippen LogP contribution in [0.1, 0.15) is 37.3 Å². The van der Waals surface area contributed by atoms with Gasteiger partial charge in [-0.3, -0.25) is 10.1 Å². The number of carbonyl (C=O) groups is 1. The highest BCUT2D eigenvalue weighted by molar-refractivity contribution is 6.31. The molecule has 4 atom stereocenters. The highest BCUT2D eigenvalue weighted by Gasteiger charge is 2.61. The second kappa shape index (κ2) is 9.55. The Morgan fingerprint density at radius 3 is 2.58 bits per heavy atom. The topological polar surface area (TPSA) is 82.3 Å². The van der Waals surface area contributed by atoms with E-state index in [2.05, 4.69) is 11.4 Å². The van der Waals surface area contributed by atoms with Gasteiger partial charge in [0, 0.05) is 29.7 Å². The molecule has 0 bridgehead atoms. The van der Waals surface area contributed by atoms with Crippen LogP contribution in [-0.2, 0) is 14.9 Å². The maximum atomic E-state index is 15.3. The van der Waals surface area contributed by atoms with E-state index >= 15 is 8.78 Å². The molecule has 1 aliphatic rings. The minimum absolute atomic E-state index is 0.0618. The van der Waals surface area contributed by atoms with Crippen molar-refractivity contribution in [2.24, 2.45) is 5.41 Å². The van der Waals surface area contributed by atoms with E-state index in [4.69, 9.17) is 27.9 Å². The van der Waals surface area contributed by atoms with Crippen LogP contribution >= 0.6 is 23.2 Å². The molecular weight excluding hydrogens is 473 g/mol. The molecule has 1 aliphatic heterocycles. The van der Waals surface area contributed by atoms with Crippen LogP contribution in [-0.4, -0.2) is 36.9 Å². The van der Waals surface area contributed by atoms with Crippen molar-refractivity contribution < 1.29 is 23.4 Å². The summed E-state index contributed by atoms with van der Waals surface area (Å²) >= 11 is 12.0. The average molecular weight is 497 g/mol. The molecule has 33 heavy (non-hydrogen) atoms. The van der Waals surface area contributed by atoms with Crippen molar-refractivity contribution in [1.29, 1.82) is 5.26 Å². The van der Waals surface area contributed by atoms with Gasteiger partial charge in [0.25, 0.3) is 0 Å². The molecule has 1 fully saturated rings. The lowest BCUT2D eigenvalue weighted by Gasteiger charge is -2.38. The summed E-state index contributed by atoms with van der Waals surface area (Å²) in [6.07, 6.45) is 0.249. The molecule has 2 N–H and O–H groups in total. The van der Waals surface area contributed by atoms with E-state index in [0.29, 0.717) is 6.61 Å². The van der Waals surface area contributed by atoms with Crippen molar-refractivity contribution >= 4 is 29.2 Å². The number of benzene rings is 2. The van der Waals surface area contributed by atoms with Gasteiger partial charge in [-0.15, -0.1) is 0 Å². The summed E-state index contributed by atoms with van der Waals surface area (Å²) in [4.78, 5) is 12.3. The Balaban J connectivity index is 2.34. The fraction of sp³-hybridized carbons (Fsp3) is 0.417. The normalized spacial score (nSPS) is 25.1. The van der Waals surface area contributed by atoms with E-state index < -0.39 is 46.4 Å². The number of methoxy groups -OCH3 is 1. The summed E-state index contributed by atoms with van der Waals surface area (Å²) in [6, 6.07) is 7.99. The second-order valence-corrected chi connectivity index (χ2v) is 9.91. The minimum atomic E-state index is -1.78. The van der Waals surface area contributed by atoms with Gasteiger partial charge in [0.2, 0.25) is 0 Å². The van der Waals surface area contributed by atoms with Crippen LogP contribution in [0.4, 0.5) is 8.78 Å². The summed E-state index contributed by atoms with van der Waals surface area (Å²) in [7, 11) is 1.53. The third-order valence-electron chi connectivity index (χ3n) is 6.19. The molecule has 0 aliphatic carbocycles. The molecule has 176 valence electrons. The number of aliphatic carboxylic acids is 1. The van der Waals surface area contributed by atoms with Crippen molar-refractivity contribution in [3.05, 3.63) is 69.2 Å². The summed E-state index contributed by atoms with van der Waals surface area (Å²) in [6.45, 7) is 4.09. The van der Waals surface area contributed by atoms with Gasteiger partial charge in [0.05, 0.1) is 17.7 Å². The van der Waals surface area contributed by atoms with E-state index in [-0.39, 0.29) is 27.6 Å². The number of hydrogen-bond acceptors (Lipinski definition) is 4. The molecule has 0 spiro atoms. The average Bonchev–Trinajstić information content (AvgIpc) is 3.04. The summed E-state index contributed by atoms with van der Waals surface area (Å²) in [5.74, 6) is -4.19. The molecule has 4 unspecified atom stereocenters. The van der Waals surface area contributed by atoms with Crippen molar-refractivity contribution in [2.45, 2.75) is 43.7 Å². The zero-order chi connectivity index (χ0) is 24.6. The smallest absolute Gasteiger partial charge is 0.321 e. The van der Waals surface area contributed by atoms with E-state index in [1.54, 1.807) is 0 Å². The van der Waals surface area contributed by atoms with Gasteiger partial charge in [-0.1, -0.05) is 55.2 Å². The summed E-state index contributed by atoms with van der Waals surface area (Å²) in [5, 5.41) is 23.5. The molecule has 5 nitrogen and oxygen atoms in total. The predicted octanol–water partition coefficient (Wildman–Crippen LogP) is 5.30. The van der Waals surface area contributed by atoms with Crippen LogP contribution in [0.25, 0.3) is 0 Å².